The highest BCUT2D eigenvalue weighted by Gasteiger charge is 2.16. The van der Waals surface area contributed by atoms with Gasteiger partial charge in [0.1, 0.15) is 17.5 Å². The molecule has 4 heteroatoms. The third-order valence-corrected chi connectivity index (χ3v) is 8.94. The summed E-state index contributed by atoms with van der Waals surface area (Å²) in [6.45, 7) is 0. The van der Waals surface area contributed by atoms with Gasteiger partial charge in [-0.1, -0.05) is 115 Å². The van der Waals surface area contributed by atoms with Gasteiger partial charge >= 0.3 is 0 Å². The van der Waals surface area contributed by atoms with Crippen molar-refractivity contribution in [3.05, 3.63) is 157 Å². The molecule has 10 rings (SSSR count). The second kappa shape index (κ2) is 10.7. The van der Waals surface area contributed by atoms with Gasteiger partial charge in [-0.2, -0.15) is 0 Å². The van der Waals surface area contributed by atoms with Crippen LogP contribution >= 0.6 is 11.3 Å². The van der Waals surface area contributed by atoms with Gasteiger partial charge in [0.2, 0.25) is 0 Å². The van der Waals surface area contributed by atoms with Crippen molar-refractivity contribution in [2.24, 2.45) is 0 Å². The van der Waals surface area contributed by atoms with Crippen LogP contribution < -0.4 is 0 Å². The van der Waals surface area contributed by atoms with Gasteiger partial charge in [-0.25, -0.2) is 9.97 Å². The van der Waals surface area contributed by atoms with E-state index in [0.29, 0.717) is 10.1 Å². The molecule has 0 amide bonds. The fourth-order valence-corrected chi connectivity index (χ4v) is 6.71. The molecular weight excluding hydrogens is 605 g/mol. The summed E-state index contributed by atoms with van der Waals surface area (Å²) in [5.74, 6) is 0. The first-order valence-electron chi connectivity index (χ1n) is 24.8. The molecule has 0 fully saturated rings. The van der Waals surface area contributed by atoms with Gasteiger partial charge in [-0.05, 0) is 74.9 Å². The minimum atomic E-state index is -0.747. The molecule has 0 saturated heterocycles. The summed E-state index contributed by atoms with van der Waals surface area (Å²) in [5, 5.41) is -0.630. The number of hydrogen-bond donors (Lipinski definition) is 0. The lowest BCUT2D eigenvalue weighted by Gasteiger charge is -2.09. The number of hydrogen-bond acceptors (Lipinski definition) is 4. The molecule has 224 valence electrons. The van der Waals surface area contributed by atoms with Crippen LogP contribution in [0.2, 0.25) is 0 Å². The summed E-state index contributed by atoms with van der Waals surface area (Å²) < 4.78 is 191. The zero-order valence-corrected chi connectivity index (χ0v) is 24.9. The quantitative estimate of drug-likeness (QED) is 0.190. The normalized spacial score (nSPS) is 17.9. The number of nitrogens with zero attached hydrogens (tertiary/aromatic N) is 2. The summed E-state index contributed by atoms with van der Waals surface area (Å²) in [4.78, 5) is 8.90. The number of rotatable bonds is 4. The molecule has 0 aliphatic rings. The first-order valence-corrected chi connectivity index (χ1v) is 15.2. The SMILES string of the molecule is [2H]c1cc([2H])c(-c2c([2H])c([2H])c([2H])c3c2oc2c([2H])c([2H])c([2H])c([2H])c23)c([2H])c1-c1c([2H])c([2H])c([2H])c(-c2ncnc3c2sc2ccc(-c4c([2H])c([2H])c5c([2H])c([2H])c([2H])c([2H])c5c4[2H])cc23)c1[2H]. The van der Waals surface area contributed by atoms with Gasteiger partial charge < -0.3 is 4.42 Å². The molecular formula is C44H26N2OS. The van der Waals surface area contributed by atoms with Crippen LogP contribution in [-0.2, 0) is 0 Å². The Morgan fingerprint density at radius 1 is 0.562 bits per heavy atom. The molecule has 3 nitrogen and oxygen atoms in total. The molecule has 0 aliphatic heterocycles. The monoisotopic (exact) mass is 651 g/mol. The molecule has 3 aromatic heterocycles. The highest BCUT2D eigenvalue weighted by Crippen LogP contribution is 2.41. The summed E-state index contributed by atoms with van der Waals surface area (Å²) in [6.07, 6.45) is 1.13. The third kappa shape index (κ3) is 4.34. The average molecular weight is 652 g/mol. The van der Waals surface area contributed by atoms with Crippen molar-refractivity contribution in [1.29, 1.82) is 0 Å². The largest absolute Gasteiger partial charge is 0.455 e. The van der Waals surface area contributed by atoms with Crippen molar-refractivity contribution >= 4 is 64.4 Å². The zero-order valence-electron chi connectivity index (χ0n) is 45.1. The second-order valence-electron chi connectivity index (χ2n) is 10.5. The van der Waals surface area contributed by atoms with Crippen LogP contribution in [0.1, 0.15) is 28.8 Å². The summed E-state index contributed by atoms with van der Waals surface area (Å²) >= 11 is 1.11. The number of furan rings is 1. The third-order valence-electron chi connectivity index (χ3n) is 7.77. The van der Waals surface area contributed by atoms with Crippen LogP contribution in [0.3, 0.4) is 0 Å². The summed E-state index contributed by atoms with van der Waals surface area (Å²) in [5.41, 5.74) is -2.68. The predicted molar refractivity (Wildman–Crippen MR) is 201 cm³/mol. The molecule has 10 aromatic rings. The molecule has 0 bridgehead atoms. The van der Waals surface area contributed by atoms with Crippen LogP contribution in [-0.4, -0.2) is 9.97 Å². The minimum absolute atomic E-state index is 0.0531. The molecule has 0 atom stereocenters. The van der Waals surface area contributed by atoms with Gasteiger partial charge in [-0.3, -0.25) is 0 Å². The average Bonchev–Trinajstić information content (AvgIpc) is 3.90. The molecule has 0 aliphatic carbocycles. The number of fused-ring (bicyclic) bond motifs is 7. The number of aromatic nitrogens is 2. The van der Waals surface area contributed by atoms with E-state index in [4.69, 9.17) is 30.5 Å². The Bertz CT molecular complexity index is 4050. The van der Waals surface area contributed by atoms with Crippen LogP contribution in [0, 0.1) is 0 Å². The van der Waals surface area contributed by atoms with E-state index in [1.165, 1.54) is 0 Å². The summed E-state index contributed by atoms with van der Waals surface area (Å²) in [7, 11) is 0. The molecule has 0 radical (unpaired) electrons. The lowest BCUT2D eigenvalue weighted by Crippen LogP contribution is -1.88. The van der Waals surface area contributed by atoms with E-state index in [0.717, 1.165) is 23.7 Å². The van der Waals surface area contributed by atoms with Gasteiger partial charge in [0.25, 0.3) is 0 Å². The smallest absolute Gasteiger partial charge is 0.143 e. The summed E-state index contributed by atoms with van der Waals surface area (Å²) in [6, 6.07) is -7.15. The Kier molecular flexibility index (Phi) is 3.03. The molecule has 3 heterocycles. The number of thiophene rings is 1. The highest BCUT2D eigenvalue weighted by molar-refractivity contribution is 7.26. The predicted octanol–water partition coefficient (Wildman–Crippen LogP) is 12.6. The van der Waals surface area contributed by atoms with E-state index in [1.807, 2.05) is 0 Å². The van der Waals surface area contributed by atoms with Crippen LogP contribution in [0.5, 0.6) is 0 Å². The van der Waals surface area contributed by atoms with E-state index >= 15 is 0 Å². The maximum atomic E-state index is 9.57. The Hall–Kier alpha value is -6.10. The van der Waals surface area contributed by atoms with Crippen molar-refractivity contribution < 1.29 is 33.2 Å². The molecule has 0 N–H and O–H groups in total. The van der Waals surface area contributed by atoms with Crippen molar-refractivity contribution in [2.45, 2.75) is 0 Å². The number of para-hydroxylation sites is 2. The standard InChI is InChI=1S/C44H26N2OS/c1-2-9-28-22-31(19-18-27(28)8-1)32-20-21-40-38(25-32)42-44(48-40)41(45-26-46-42)34-13-6-11-30(24-34)29-10-5-12-33(23-29)35-15-7-16-37-36-14-3-4-17-39(36)47-43(35)37/h1-26H/i1D,2D,3D,4D,6D,7D,8D,9D,10D,11D,12D,13D,14D,15D,16D,17D,18D,19D,22D,23D,24D. The fourth-order valence-electron chi connectivity index (χ4n) is 5.57. The fraction of sp³-hybridized carbons (Fsp3) is 0. The Balaban J connectivity index is 1.20. The van der Waals surface area contributed by atoms with Crippen LogP contribution in [0.4, 0.5) is 0 Å². The van der Waals surface area contributed by atoms with E-state index in [2.05, 4.69) is 9.97 Å². The highest BCUT2D eigenvalue weighted by atomic mass is 32.1. The first kappa shape index (κ1) is 13.6. The van der Waals surface area contributed by atoms with Crippen LogP contribution in [0.25, 0.3) is 97.7 Å². The van der Waals surface area contributed by atoms with E-state index in [1.54, 1.807) is 18.2 Å². The van der Waals surface area contributed by atoms with Crippen molar-refractivity contribution in [1.82, 2.24) is 9.97 Å². The van der Waals surface area contributed by atoms with E-state index in [-0.39, 0.29) is 54.1 Å². The minimum Gasteiger partial charge on any atom is -0.455 e. The van der Waals surface area contributed by atoms with E-state index in [9.17, 15) is 2.74 Å². The van der Waals surface area contributed by atoms with Gasteiger partial charge in [0, 0.05) is 32.0 Å². The van der Waals surface area contributed by atoms with Crippen molar-refractivity contribution in [3.8, 4) is 44.6 Å². The lowest BCUT2D eigenvalue weighted by molar-refractivity contribution is 0.670. The lowest BCUT2D eigenvalue weighted by atomic mass is 9.96. The maximum absolute atomic E-state index is 9.57. The topological polar surface area (TPSA) is 38.9 Å². The van der Waals surface area contributed by atoms with Crippen molar-refractivity contribution in [3.63, 3.8) is 0 Å². The molecule has 7 aromatic carbocycles. The van der Waals surface area contributed by atoms with E-state index < -0.39 is 160 Å². The molecule has 0 unspecified atom stereocenters. The maximum Gasteiger partial charge on any atom is 0.143 e. The molecule has 0 saturated carbocycles. The molecule has 48 heavy (non-hydrogen) atoms. The second-order valence-corrected chi connectivity index (χ2v) is 11.6. The van der Waals surface area contributed by atoms with Crippen LogP contribution in [0.15, 0.2) is 162 Å². The Morgan fingerprint density at radius 2 is 1.33 bits per heavy atom. The zero-order chi connectivity index (χ0) is 49.9. The Labute approximate surface area is 309 Å². The first-order chi connectivity index (χ1) is 32.5. The van der Waals surface area contributed by atoms with Gasteiger partial charge in [0.15, 0.2) is 0 Å². The van der Waals surface area contributed by atoms with Gasteiger partial charge in [0.05, 0.1) is 44.7 Å². The molecule has 0 spiro atoms. The Morgan fingerprint density at radius 3 is 2.31 bits per heavy atom. The van der Waals surface area contributed by atoms with Crippen molar-refractivity contribution in [2.75, 3.05) is 0 Å². The van der Waals surface area contributed by atoms with Gasteiger partial charge in [-0.15, -0.1) is 11.3 Å². The number of benzene rings is 7.